The molecule has 0 atom stereocenters. The second-order valence-electron chi connectivity index (χ2n) is 4.77. The molecule has 0 saturated heterocycles. The average Bonchev–Trinajstić information content (AvgIpc) is 2.49. The SMILES string of the molecule is CNS(=O)(=O)c1ccc(NCc2cc(Br)ccc2C)c(F)c1. The lowest BCUT2D eigenvalue weighted by molar-refractivity contribution is 0.584. The van der Waals surface area contributed by atoms with Gasteiger partial charge in [-0.05, 0) is 55.4 Å². The van der Waals surface area contributed by atoms with E-state index in [1.807, 2.05) is 25.1 Å². The Hall–Kier alpha value is -1.44. The fraction of sp³-hybridized carbons (Fsp3) is 0.200. The zero-order chi connectivity index (χ0) is 16.3. The van der Waals surface area contributed by atoms with Gasteiger partial charge in [0, 0.05) is 11.0 Å². The van der Waals surface area contributed by atoms with Gasteiger partial charge < -0.3 is 5.32 Å². The van der Waals surface area contributed by atoms with Crippen LogP contribution in [0.5, 0.6) is 0 Å². The van der Waals surface area contributed by atoms with E-state index in [-0.39, 0.29) is 10.6 Å². The van der Waals surface area contributed by atoms with Crippen LogP contribution in [0.15, 0.2) is 45.8 Å². The number of anilines is 1. The van der Waals surface area contributed by atoms with Gasteiger partial charge in [-0.3, -0.25) is 0 Å². The first-order valence-corrected chi connectivity index (χ1v) is 8.83. The molecule has 2 aromatic rings. The molecule has 2 N–H and O–H groups in total. The van der Waals surface area contributed by atoms with Crippen molar-refractivity contribution in [3.05, 3.63) is 57.8 Å². The Bertz CT molecular complexity index is 794. The molecule has 0 aliphatic rings. The molecular weight excluding hydrogens is 371 g/mol. The predicted octanol–water partition coefficient (Wildman–Crippen LogP) is 3.42. The third-order valence-electron chi connectivity index (χ3n) is 3.30. The summed E-state index contributed by atoms with van der Waals surface area (Å²) in [6.07, 6.45) is 0. The van der Waals surface area contributed by atoms with Crippen molar-refractivity contribution in [1.82, 2.24) is 4.72 Å². The smallest absolute Gasteiger partial charge is 0.240 e. The number of hydrogen-bond acceptors (Lipinski definition) is 3. The van der Waals surface area contributed by atoms with Crippen molar-refractivity contribution in [2.24, 2.45) is 0 Å². The molecule has 4 nitrogen and oxygen atoms in total. The highest BCUT2D eigenvalue weighted by Crippen LogP contribution is 2.21. The molecule has 0 radical (unpaired) electrons. The van der Waals surface area contributed by atoms with Gasteiger partial charge in [0.25, 0.3) is 0 Å². The van der Waals surface area contributed by atoms with Gasteiger partial charge in [0.1, 0.15) is 5.82 Å². The van der Waals surface area contributed by atoms with Gasteiger partial charge in [-0.2, -0.15) is 0 Å². The van der Waals surface area contributed by atoms with Gasteiger partial charge in [-0.25, -0.2) is 17.5 Å². The minimum atomic E-state index is -3.64. The van der Waals surface area contributed by atoms with Crippen molar-refractivity contribution in [2.45, 2.75) is 18.4 Å². The van der Waals surface area contributed by atoms with Crippen LogP contribution >= 0.6 is 15.9 Å². The lowest BCUT2D eigenvalue weighted by Crippen LogP contribution is -2.18. The molecule has 0 unspecified atom stereocenters. The second-order valence-corrected chi connectivity index (χ2v) is 7.58. The standard InChI is InChI=1S/C15H16BrFN2O2S/c1-10-3-4-12(16)7-11(10)9-19-15-6-5-13(8-14(15)17)22(20,21)18-2/h3-8,18-19H,9H2,1-2H3. The molecule has 118 valence electrons. The molecule has 7 heteroatoms. The third kappa shape index (κ3) is 3.85. The van der Waals surface area contributed by atoms with Crippen molar-refractivity contribution in [3.8, 4) is 0 Å². The predicted molar refractivity (Wildman–Crippen MR) is 88.9 cm³/mol. The van der Waals surface area contributed by atoms with E-state index in [0.717, 1.165) is 21.7 Å². The van der Waals surface area contributed by atoms with E-state index < -0.39 is 15.8 Å². The van der Waals surface area contributed by atoms with Crippen molar-refractivity contribution >= 4 is 31.6 Å². The molecule has 0 aromatic heterocycles. The number of benzene rings is 2. The Morgan fingerprint density at radius 2 is 1.91 bits per heavy atom. The maximum atomic E-state index is 14.0. The van der Waals surface area contributed by atoms with Crippen LogP contribution in [-0.2, 0) is 16.6 Å². The molecule has 0 fully saturated rings. The van der Waals surface area contributed by atoms with E-state index in [1.54, 1.807) is 0 Å². The summed E-state index contributed by atoms with van der Waals surface area (Å²) < 4.78 is 40.4. The molecule has 0 aliphatic carbocycles. The summed E-state index contributed by atoms with van der Waals surface area (Å²) in [6, 6.07) is 9.66. The number of aryl methyl sites for hydroxylation is 1. The lowest BCUT2D eigenvalue weighted by Gasteiger charge is -2.11. The first-order chi connectivity index (χ1) is 10.3. The Kier molecular flexibility index (Phi) is 5.20. The van der Waals surface area contributed by atoms with Crippen LogP contribution in [0.2, 0.25) is 0 Å². The molecule has 0 bridgehead atoms. The summed E-state index contributed by atoms with van der Waals surface area (Å²) in [5, 5.41) is 2.98. The quantitative estimate of drug-likeness (QED) is 0.827. The zero-order valence-corrected chi connectivity index (χ0v) is 14.6. The number of rotatable bonds is 5. The Labute approximate surface area is 137 Å². The summed E-state index contributed by atoms with van der Waals surface area (Å²) in [6.45, 7) is 2.42. The summed E-state index contributed by atoms with van der Waals surface area (Å²) >= 11 is 3.40. The Balaban J connectivity index is 2.19. The number of hydrogen-bond donors (Lipinski definition) is 2. The van der Waals surface area contributed by atoms with E-state index in [2.05, 4.69) is 26.0 Å². The fourth-order valence-electron chi connectivity index (χ4n) is 1.95. The molecule has 2 rings (SSSR count). The maximum absolute atomic E-state index is 14.0. The Morgan fingerprint density at radius 3 is 2.55 bits per heavy atom. The number of halogens is 2. The van der Waals surface area contributed by atoms with Crippen LogP contribution in [0.25, 0.3) is 0 Å². The first-order valence-electron chi connectivity index (χ1n) is 6.55. The molecule has 0 amide bonds. The molecule has 0 aliphatic heterocycles. The van der Waals surface area contributed by atoms with Crippen molar-refractivity contribution in [2.75, 3.05) is 12.4 Å². The Morgan fingerprint density at radius 1 is 1.18 bits per heavy atom. The van der Waals surface area contributed by atoms with E-state index in [1.165, 1.54) is 19.2 Å². The van der Waals surface area contributed by atoms with Crippen molar-refractivity contribution in [1.29, 1.82) is 0 Å². The summed E-state index contributed by atoms with van der Waals surface area (Å²) in [5.41, 5.74) is 2.38. The molecule has 0 heterocycles. The van der Waals surface area contributed by atoms with E-state index >= 15 is 0 Å². The van der Waals surface area contributed by atoms with Crippen molar-refractivity contribution < 1.29 is 12.8 Å². The number of nitrogens with one attached hydrogen (secondary N) is 2. The third-order valence-corrected chi connectivity index (χ3v) is 5.21. The molecule has 22 heavy (non-hydrogen) atoms. The van der Waals surface area contributed by atoms with Gasteiger partial charge >= 0.3 is 0 Å². The topological polar surface area (TPSA) is 58.2 Å². The van der Waals surface area contributed by atoms with Crippen LogP contribution in [0.1, 0.15) is 11.1 Å². The first kappa shape index (κ1) is 16.9. The zero-order valence-electron chi connectivity index (χ0n) is 12.2. The normalized spacial score (nSPS) is 11.5. The minimum absolute atomic E-state index is 0.100. The van der Waals surface area contributed by atoms with Crippen LogP contribution in [0, 0.1) is 12.7 Å². The van der Waals surface area contributed by atoms with Gasteiger partial charge in [0.2, 0.25) is 10.0 Å². The fourth-order valence-corrected chi connectivity index (χ4v) is 3.10. The average molecular weight is 387 g/mol. The van der Waals surface area contributed by atoms with Crippen molar-refractivity contribution in [3.63, 3.8) is 0 Å². The van der Waals surface area contributed by atoms with Gasteiger partial charge in [-0.1, -0.05) is 22.0 Å². The highest BCUT2D eigenvalue weighted by molar-refractivity contribution is 9.10. The number of sulfonamides is 1. The van der Waals surface area contributed by atoms with E-state index in [9.17, 15) is 12.8 Å². The lowest BCUT2D eigenvalue weighted by atomic mass is 10.1. The molecular formula is C15H16BrFN2O2S. The van der Waals surface area contributed by atoms with Crippen LogP contribution < -0.4 is 10.0 Å². The summed E-state index contributed by atoms with van der Waals surface area (Å²) in [4.78, 5) is -0.100. The second kappa shape index (κ2) is 6.76. The molecule has 0 spiro atoms. The monoisotopic (exact) mass is 386 g/mol. The minimum Gasteiger partial charge on any atom is -0.379 e. The van der Waals surface area contributed by atoms with E-state index in [0.29, 0.717) is 6.54 Å². The van der Waals surface area contributed by atoms with Gasteiger partial charge in [0.05, 0.1) is 10.6 Å². The maximum Gasteiger partial charge on any atom is 0.240 e. The van der Waals surface area contributed by atoms with Crippen LogP contribution in [-0.4, -0.2) is 15.5 Å². The van der Waals surface area contributed by atoms with Gasteiger partial charge in [0.15, 0.2) is 0 Å². The summed E-state index contributed by atoms with van der Waals surface area (Å²) in [5.74, 6) is -0.607. The van der Waals surface area contributed by atoms with Crippen LogP contribution in [0.3, 0.4) is 0 Å². The highest BCUT2D eigenvalue weighted by atomic mass is 79.9. The largest absolute Gasteiger partial charge is 0.379 e. The van der Waals surface area contributed by atoms with Gasteiger partial charge in [-0.15, -0.1) is 0 Å². The molecule has 2 aromatic carbocycles. The summed E-state index contributed by atoms with van der Waals surface area (Å²) in [7, 11) is -2.35. The molecule has 0 saturated carbocycles. The highest BCUT2D eigenvalue weighted by Gasteiger charge is 2.14. The van der Waals surface area contributed by atoms with E-state index in [4.69, 9.17) is 0 Å². The van der Waals surface area contributed by atoms with Crippen LogP contribution in [0.4, 0.5) is 10.1 Å².